The predicted octanol–water partition coefficient (Wildman–Crippen LogP) is 2.60. The van der Waals surface area contributed by atoms with Crippen molar-refractivity contribution in [1.82, 2.24) is 4.98 Å². The number of anilines is 2. The number of carbonyl (C=O) groups is 1. The summed E-state index contributed by atoms with van der Waals surface area (Å²) >= 11 is 0. The van der Waals surface area contributed by atoms with Gasteiger partial charge in [-0.25, -0.2) is 4.39 Å². The Morgan fingerprint density at radius 2 is 1.86 bits per heavy atom. The molecule has 0 unspecified atom stereocenters. The summed E-state index contributed by atoms with van der Waals surface area (Å²) in [6, 6.07) is 9.52. The largest absolute Gasteiger partial charge is 0.416 e. The van der Waals surface area contributed by atoms with Crippen LogP contribution in [0.1, 0.15) is 27.2 Å². The van der Waals surface area contributed by atoms with Gasteiger partial charge in [0.25, 0.3) is 5.91 Å². The third kappa shape index (κ3) is 4.03. The Hall–Kier alpha value is -3.62. The van der Waals surface area contributed by atoms with E-state index in [9.17, 15) is 22.4 Å². The third-order valence-electron chi connectivity index (χ3n) is 3.99. The number of carbonyl (C=O) groups excluding carboxylic acids is 1. The number of hydrogen-bond acceptors (Lipinski definition) is 2. The predicted molar refractivity (Wildman–Crippen MR) is 96.1 cm³/mol. The molecule has 9 heteroatoms. The molecule has 0 fully saturated rings. The Kier molecular flexibility index (Phi) is 4.91. The number of aromatic nitrogens is 1. The number of nitrogens with one attached hydrogen (secondary N) is 2. The van der Waals surface area contributed by atoms with Crippen molar-refractivity contribution in [3.05, 3.63) is 82.9 Å². The Morgan fingerprint density at radius 1 is 1.11 bits per heavy atom. The SMILES string of the molecule is Nc1ccc(C(F)(F)F)cc1C(=[NH2+])c1c[nH]c(C(=O)Nc2cccc(F)c2)c1. The van der Waals surface area contributed by atoms with Crippen LogP contribution in [0, 0.1) is 5.82 Å². The van der Waals surface area contributed by atoms with E-state index in [1.165, 1.54) is 30.5 Å². The van der Waals surface area contributed by atoms with Crippen molar-refractivity contribution in [2.75, 3.05) is 11.1 Å². The van der Waals surface area contributed by atoms with Gasteiger partial charge < -0.3 is 16.0 Å². The molecule has 0 radical (unpaired) electrons. The molecular weight excluding hydrogens is 376 g/mol. The van der Waals surface area contributed by atoms with Gasteiger partial charge in [-0.2, -0.15) is 13.2 Å². The van der Waals surface area contributed by atoms with Crippen molar-refractivity contribution < 1.29 is 27.8 Å². The van der Waals surface area contributed by atoms with E-state index in [4.69, 9.17) is 11.1 Å². The lowest BCUT2D eigenvalue weighted by molar-refractivity contribution is -0.137. The summed E-state index contributed by atoms with van der Waals surface area (Å²) in [7, 11) is 0. The first-order chi connectivity index (χ1) is 13.1. The highest BCUT2D eigenvalue weighted by Gasteiger charge is 2.32. The van der Waals surface area contributed by atoms with Crippen molar-refractivity contribution in [3.63, 3.8) is 0 Å². The zero-order valence-corrected chi connectivity index (χ0v) is 14.3. The van der Waals surface area contributed by atoms with Crippen molar-refractivity contribution in [1.29, 1.82) is 0 Å². The lowest BCUT2D eigenvalue weighted by Gasteiger charge is -2.09. The van der Waals surface area contributed by atoms with E-state index in [2.05, 4.69) is 10.3 Å². The molecule has 5 nitrogen and oxygen atoms in total. The molecule has 0 atom stereocenters. The van der Waals surface area contributed by atoms with Gasteiger partial charge in [-0.05, 0) is 42.5 Å². The van der Waals surface area contributed by atoms with Crippen LogP contribution in [0.2, 0.25) is 0 Å². The molecule has 0 saturated carbocycles. The number of H-pyrrole nitrogens is 1. The van der Waals surface area contributed by atoms with Gasteiger partial charge in [0.15, 0.2) is 0 Å². The minimum absolute atomic E-state index is 0.00548. The van der Waals surface area contributed by atoms with Crippen LogP contribution >= 0.6 is 0 Å². The van der Waals surface area contributed by atoms with Gasteiger partial charge in [0.2, 0.25) is 5.71 Å². The van der Waals surface area contributed by atoms with Crippen LogP contribution < -0.4 is 16.5 Å². The quantitative estimate of drug-likeness (QED) is 0.313. The van der Waals surface area contributed by atoms with E-state index in [-0.39, 0.29) is 33.9 Å². The van der Waals surface area contributed by atoms with Gasteiger partial charge in [0.05, 0.1) is 16.7 Å². The highest BCUT2D eigenvalue weighted by atomic mass is 19.4. The molecular formula is C19H15F4N4O+. The molecule has 0 aliphatic heterocycles. The van der Waals surface area contributed by atoms with Crippen LogP contribution in [0.15, 0.2) is 54.7 Å². The smallest absolute Gasteiger partial charge is 0.398 e. The van der Waals surface area contributed by atoms with Gasteiger partial charge in [-0.1, -0.05) is 6.07 Å². The molecule has 0 aliphatic rings. The molecule has 0 saturated heterocycles. The topological polar surface area (TPSA) is 96.5 Å². The van der Waals surface area contributed by atoms with E-state index in [0.717, 1.165) is 24.3 Å². The Balaban J connectivity index is 1.84. The number of aromatic amines is 1. The minimum Gasteiger partial charge on any atom is -0.398 e. The first kappa shape index (κ1) is 19.2. The van der Waals surface area contributed by atoms with Crippen LogP contribution in [-0.4, -0.2) is 16.6 Å². The molecule has 0 bridgehead atoms. The number of hydrogen-bond donors (Lipinski definition) is 4. The number of benzene rings is 2. The second-order valence-corrected chi connectivity index (χ2v) is 5.98. The number of amides is 1. The fraction of sp³-hybridized carbons (Fsp3) is 0.0526. The third-order valence-corrected chi connectivity index (χ3v) is 3.99. The minimum atomic E-state index is -4.54. The number of nitrogens with two attached hydrogens (primary N) is 2. The number of nitrogen functional groups attached to an aromatic ring is 1. The van der Waals surface area contributed by atoms with Crippen molar-refractivity contribution in [2.24, 2.45) is 0 Å². The molecule has 1 aromatic heterocycles. The molecule has 3 aromatic rings. The lowest BCUT2D eigenvalue weighted by atomic mass is 10.00. The maximum Gasteiger partial charge on any atom is 0.416 e. The average Bonchev–Trinajstić information content (AvgIpc) is 3.11. The fourth-order valence-corrected chi connectivity index (χ4v) is 2.57. The summed E-state index contributed by atoms with van der Waals surface area (Å²) in [5.74, 6) is -1.08. The van der Waals surface area contributed by atoms with Gasteiger partial charge in [-0.15, -0.1) is 0 Å². The van der Waals surface area contributed by atoms with Gasteiger partial charge in [0.1, 0.15) is 11.5 Å². The first-order valence-electron chi connectivity index (χ1n) is 8.00. The van der Waals surface area contributed by atoms with E-state index < -0.39 is 23.5 Å². The molecule has 6 N–H and O–H groups in total. The summed E-state index contributed by atoms with van der Waals surface area (Å²) in [6.45, 7) is 0. The molecule has 1 amide bonds. The van der Waals surface area contributed by atoms with E-state index in [0.29, 0.717) is 0 Å². The highest BCUT2D eigenvalue weighted by molar-refractivity contribution is 6.13. The van der Waals surface area contributed by atoms with E-state index in [1.807, 2.05) is 0 Å². The zero-order valence-electron chi connectivity index (χ0n) is 14.3. The lowest BCUT2D eigenvalue weighted by Crippen LogP contribution is -2.41. The second kappa shape index (κ2) is 7.18. The summed E-state index contributed by atoms with van der Waals surface area (Å²) in [5, 5.41) is 8.48. The van der Waals surface area contributed by atoms with Gasteiger partial charge in [-0.3, -0.25) is 10.2 Å². The fourth-order valence-electron chi connectivity index (χ4n) is 2.57. The summed E-state index contributed by atoms with van der Waals surface area (Å²) in [5.41, 5.74) is 5.55. The molecule has 2 aromatic carbocycles. The normalized spacial score (nSPS) is 11.3. The summed E-state index contributed by atoms with van der Waals surface area (Å²) in [4.78, 5) is 14.9. The molecule has 1 heterocycles. The Labute approximate surface area is 156 Å². The van der Waals surface area contributed by atoms with Crippen LogP contribution in [0.4, 0.5) is 28.9 Å². The Bertz CT molecular complexity index is 1060. The molecule has 144 valence electrons. The number of rotatable bonds is 4. The van der Waals surface area contributed by atoms with Crippen LogP contribution in [0.5, 0.6) is 0 Å². The average molecular weight is 391 g/mol. The van der Waals surface area contributed by atoms with Crippen LogP contribution in [-0.2, 0) is 6.18 Å². The standard InChI is InChI=1S/C19H14F4N4O/c20-12-2-1-3-13(8-12)27-18(28)16-6-10(9-26-16)17(25)14-7-11(19(21,22)23)4-5-15(14)24/h1-9,25-26H,24H2,(H,27,28)/p+1. The monoisotopic (exact) mass is 391 g/mol. The molecule has 28 heavy (non-hydrogen) atoms. The van der Waals surface area contributed by atoms with Crippen molar-refractivity contribution in [2.45, 2.75) is 6.18 Å². The first-order valence-corrected chi connectivity index (χ1v) is 8.00. The van der Waals surface area contributed by atoms with E-state index in [1.54, 1.807) is 0 Å². The van der Waals surface area contributed by atoms with Crippen LogP contribution in [0.3, 0.4) is 0 Å². The van der Waals surface area contributed by atoms with E-state index >= 15 is 0 Å². The van der Waals surface area contributed by atoms with Crippen LogP contribution in [0.25, 0.3) is 0 Å². The number of alkyl halides is 3. The highest BCUT2D eigenvalue weighted by Crippen LogP contribution is 2.31. The maximum atomic E-state index is 13.2. The molecule has 0 aliphatic carbocycles. The summed E-state index contributed by atoms with van der Waals surface area (Å²) in [6.07, 6.45) is -3.17. The maximum absolute atomic E-state index is 13.2. The molecule has 0 spiro atoms. The second-order valence-electron chi connectivity index (χ2n) is 5.98. The van der Waals surface area contributed by atoms with Gasteiger partial charge in [0, 0.05) is 17.6 Å². The summed E-state index contributed by atoms with van der Waals surface area (Å²) < 4.78 is 52.0. The zero-order chi connectivity index (χ0) is 20.5. The Morgan fingerprint density at radius 3 is 2.54 bits per heavy atom. The molecule has 3 rings (SSSR count). The number of halogens is 4. The van der Waals surface area contributed by atoms with Crippen molar-refractivity contribution >= 4 is 23.0 Å². The van der Waals surface area contributed by atoms with Crippen molar-refractivity contribution in [3.8, 4) is 0 Å². The van der Waals surface area contributed by atoms with Gasteiger partial charge >= 0.3 is 6.18 Å².